The van der Waals surface area contributed by atoms with Crippen molar-refractivity contribution < 1.29 is 0 Å². The van der Waals surface area contributed by atoms with Crippen molar-refractivity contribution in [2.24, 2.45) is 0 Å². The van der Waals surface area contributed by atoms with Crippen molar-refractivity contribution in [3.05, 3.63) is 16.5 Å². The monoisotopic (exact) mass is 282 g/mol. The lowest BCUT2D eigenvalue weighted by molar-refractivity contribution is 0.263. The van der Waals surface area contributed by atoms with Crippen molar-refractivity contribution in [1.29, 1.82) is 0 Å². The molecule has 1 aliphatic rings. The minimum absolute atomic E-state index is 0.496. The molecule has 0 radical (unpaired) electrons. The molecule has 0 amide bonds. The molecule has 0 saturated carbocycles. The highest BCUT2D eigenvalue weighted by Gasteiger charge is 2.18. The first-order chi connectivity index (χ1) is 9.10. The molecule has 4 nitrogen and oxygen atoms in total. The Morgan fingerprint density at radius 3 is 2.63 bits per heavy atom. The maximum atomic E-state index is 6.20. The third-order valence-corrected chi connectivity index (χ3v) is 4.03. The summed E-state index contributed by atoms with van der Waals surface area (Å²) in [4.78, 5) is 11.3. The van der Waals surface area contributed by atoms with Gasteiger partial charge in [0.2, 0.25) is 0 Å². The van der Waals surface area contributed by atoms with Crippen LogP contribution in [0.5, 0.6) is 0 Å². The third kappa shape index (κ3) is 3.80. The van der Waals surface area contributed by atoms with Crippen LogP contribution in [0.25, 0.3) is 0 Å². The quantitative estimate of drug-likeness (QED) is 0.862. The van der Waals surface area contributed by atoms with Gasteiger partial charge in [-0.15, -0.1) is 0 Å². The van der Waals surface area contributed by atoms with Crippen molar-refractivity contribution in [3.8, 4) is 0 Å². The van der Waals surface area contributed by atoms with Crippen molar-refractivity contribution >= 4 is 17.4 Å². The van der Waals surface area contributed by atoms with Gasteiger partial charge in [0.15, 0.2) is 0 Å². The van der Waals surface area contributed by atoms with Gasteiger partial charge in [-0.3, -0.25) is 0 Å². The van der Waals surface area contributed by atoms with E-state index in [1.807, 2.05) is 6.92 Å². The van der Waals surface area contributed by atoms with E-state index in [4.69, 9.17) is 11.6 Å². The summed E-state index contributed by atoms with van der Waals surface area (Å²) >= 11 is 6.20. The molecule has 0 spiro atoms. The fraction of sp³-hybridized carbons (Fsp3) is 0.714. The average Bonchev–Trinajstić information content (AvgIpc) is 2.38. The van der Waals surface area contributed by atoms with Gasteiger partial charge < -0.3 is 10.2 Å². The van der Waals surface area contributed by atoms with E-state index in [0.717, 1.165) is 56.0 Å². The zero-order chi connectivity index (χ0) is 13.8. The van der Waals surface area contributed by atoms with Crippen LogP contribution in [0, 0.1) is 6.92 Å². The molecule has 1 fully saturated rings. The molecule has 2 heterocycles. The van der Waals surface area contributed by atoms with E-state index in [-0.39, 0.29) is 0 Å². The van der Waals surface area contributed by atoms with Gasteiger partial charge in [0, 0.05) is 18.0 Å². The van der Waals surface area contributed by atoms with E-state index in [2.05, 4.69) is 34.2 Å². The zero-order valence-corrected chi connectivity index (χ0v) is 12.8. The molecule has 1 aromatic heterocycles. The zero-order valence-electron chi connectivity index (χ0n) is 12.0. The van der Waals surface area contributed by atoms with E-state index in [1.165, 1.54) is 0 Å². The first-order valence-electron chi connectivity index (χ1n) is 7.08. The Hall–Kier alpha value is -0.870. The highest BCUT2D eigenvalue weighted by atomic mass is 35.5. The van der Waals surface area contributed by atoms with Crippen LogP contribution >= 0.6 is 11.6 Å². The topological polar surface area (TPSA) is 41.1 Å². The maximum absolute atomic E-state index is 6.20. The second-order valence-corrected chi connectivity index (χ2v) is 5.73. The van der Waals surface area contributed by atoms with E-state index < -0.39 is 0 Å². The second kappa shape index (κ2) is 6.53. The summed E-state index contributed by atoms with van der Waals surface area (Å²) in [5.41, 5.74) is 0.959. The molecule has 5 heteroatoms. The van der Waals surface area contributed by atoms with Crippen LogP contribution < -0.4 is 5.32 Å². The van der Waals surface area contributed by atoms with Gasteiger partial charge in [-0.2, -0.15) is 0 Å². The Bertz CT molecular complexity index is 428. The Labute approximate surface area is 120 Å². The van der Waals surface area contributed by atoms with Gasteiger partial charge in [0.1, 0.15) is 16.8 Å². The summed E-state index contributed by atoms with van der Waals surface area (Å²) in [5, 5.41) is 4.12. The number of hydrogen-bond acceptors (Lipinski definition) is 4. The van der Waals surface area contributed by atoms with E-state index in [9.17, 15) is 0 Å². The molecule has 2 rings (SSSR count). The number of hydrogen-bond donors (Lipinski definition) is 1. The predicted octanol–water partition coefficient (Wildman–Crippen LogP) is 2.90. The highest BCUT2D eigenvalue weighted by Crippen LogP contribution is 2.23. The molecule has 0 unspecified atom stereocenters. The molecule has 1 aromatic rings. The van der Waals surface area contributed by atoms with Gasteiger partial charge in [-0.05, 0) is 46.3 Å². The SMILES string of the molecule is CCCc1nc(Cl)c(C)c(NC2CCN(C)CC2)n1. The van der Waals surface area contributed by atoms with Gasteiger partial charge in [0.05, 0.1) is 0 Å². The summed E-state index contributed by atoms with van der Waals surface area (Å²) < 4.78 is 0. The molecule has 0 bridgehead atoms. The normalized spacial score (nSPS) is 17.7. The number of nitrogens with one attached hydrogen (secondary N) is 1. The van der Waals surface area contributed by atoms with Crippen LogP contribution in [-0.4, -0.2) is 41.0 Å². The number of likely N-dealkylation sites (tertiary alicyclic amines) is 1. The van der Waals surface area contributed by atoms with Crippen LogP contribution in [0.1, 0.15) is 37.6 Å². The standard InChI is InChI=1S/C14H23ClN4/c1-4-5-12-17-13(15)10(2)14(18-12)16-11-6-8-19(3)9-7-11/h11H,4-9H2,1-3H3,(H,16,17,18). The van der Waals surface area contributed by atoms with Gasteiger partial charge >= 0.3 is 0 Å². The number of aryl methyl sites for hydroxylation is 1. The number of nitrogens with zero attached hydrogens (tertiary/aromatic N) is 3. The van der Waals surface area contributed by atoms with Crippen molar-refractivity contribution in [1.82, 2.24) is 14.9 Å². The van der Waals surface area contributed by atoms with Gasteiger partial charge in [-0.25, -0.2) is 9.97 Å². The molecule has 1 saturated heterocycles. The maximum Gasteiger partial charge on any atom is 0.137 e. The summed E-state index contributed by atoms with van der Waals surface area (Å²) in [6.07, 6.45) is 4.22. The Balaban J connectivity index is 2.10. The Kier molecular flexibility index (Phi) is 4.99. The van der Waals surface area contributed by atoms with Gasteiger partial charge in [0.25, 0.3) is 0 Å². The predicted molar refractivity (Wildman–Crippen MR) is 79.9 cm³/mol. The van der Waals surface area contributed by atoms with Crippen LogP contribution in [0.3, 0.4) is 0 Å². The number of rotatable bonds is 4. The molecule has 0 atom stereocenters. The van der Waals surface area contributed by atoms with E-state index in [1.54, 1.807) is 0 Å². The molecule has 106 valence electrons. The number of piperidine rings is 1. The van der Waals surface area contributed by atoms with Crippen molar-refractivity contribution in [2.45, 2.75) is 45.6 Å². The smallest absolute Gasteiger partial charge is 0.137 e. The lowest BCUT2D eigenvalue weighted by Crippen LogP contribution is -2.37. The highest BCUT2D eigenvalue weighted by molar-refractivity contribution is 6.30. The lowest BCUT2D eigenvalue weighted by atomic mass is 10.1. The van der Waals surface area contributed by atoms with E-state index >= 15 is 0 Å². The average molecular weight is 283 g/mol. The minimum Gasteiger partial charge on any atom is -0.367 e. The third-order valence-electron chi connectivity index (χ3n) is 3.67. The molecule has 19 heavy (non-hydrogen) atoms. The van der Waals surface area contributed by atoms with Crippen molar-refractivity contribution in [3.63, 3.8) is 0 Å². The van der Waals surface area contributed by atoms with Gasteiger partial charge in [-0.1, -0.05) is 18.5 Å². The summed E-state index contributed by atoms with van der Waals surface area (Å²) in [6, 6.07) is 0.496. The minimum atomic E-state index is 0.496. The largest absolute Gasteiger partial charge is 0.367 e. The molecular weight excluding hydrogens is 260 g/mol. The summed E-state index contributed by atoms with van der Waals surface area (Å²) in [6.45, 7) is 6.38. The van der Waals surface area contributed by atoms with Crippen LogP contribution in [0.4, 0.5) is 5.82 Å². The summed E-state index contributed by atoms with van der Waals surface area (Å²) in [7, 11) is 2.17. The fourth-order valence-electron chi connectivity index (χ4n) is 2.35. The number of aromatic nitrogens is 2. The Morgan fingerprint density at radius 2 is 2.00 bits per heavy atom. The molecule has 1 aliphatic heterocycles. The molecule has 1 N–H and O–H groups in total. The summed E-state index contributed by atoms with van der Waals surface area (Å²) in [5.74, 6) is 1.76. The van der Waals surface area contributed by atoms with Crippen molar-refractivity contribution in [2.75, 3.05) is 25.5 Å². The lowest BCUT2D eigenvalue weighted by Gasteiger charge is -2.30. The number of halogens is 1. The molecular formula is C14H23ClN4. The number of anilines is 1. The molecule has 0 aromatic carbocycles. The first-order valence-corrected chi connectivity index (χ1v) is 7.46. The Morgan fingerprint density at radius 1 is 1.32 bits per heavy atom. The molecule has 0 aliphatic carbocycles. The fourth-order valence-corrected chi connectivity index (χ4v) is 2.54. The van der Waals surface area contributed by atoms with Crippen LogP contribution in [0.2, 0.25) is 5.15 Å². The van der Waals surface area contributed by atoms with E-state index in [0.29, 0.717) is 11.2 Å². The second-order valence-electron chi connectivity index (χ2n) is 5.38. The first kappa shape index (κ1) is 14.5. The van der Waals surface area contributed by atoms with Crippen LogP contribution in [-0.2, 0) is 6.42 Å². The van der Waals surface area contributed by atoms with Crippen LogP contribution in [0.15, 0.2) is 0 Å².